The van der Waals surface area contributed by atoms with Crippen molar-refractivity contribution in [1.29, 1.82) is 0 Å². The molecule has 0 bridgehead atoms. The van der Waals surface area contributed by atoms with E-state index in [4.69, 9.17) is 11.6 Å². The van der Waals surface area contributed by atoms with Gasteiger partial charge in [0.1, 0.15) is 0 Å². The summed E-state index contributed by atoms with van der Waals surface area (Å²) in [6.07, 6.45) is 6.66. The van der Waals surface area contributed by atoms with Crippen molar-refractivity contribution >= 4 is 22.5 Å². The van der Waals surface area contributed by atoms with Crippen LogP contribution in [0.3, 0.4) is 0 Å². The SMILES string of the molecule is ClC(CCc1ccc2cccnc2c1)C1CC1. The van der Waals surface area contributed by atoms with Gasteiger partial charge >= 0.3 is 0 Å². The molecule has 2 heteroatoms. The fourth-order valence-electron chi connectivity index (χ4n) is 2.27. The van der Waals surface area contributed by atoms with E-state index in [-0.39, 0.29) is 0 Å². The summed E-state index contributed by atoms with van der Waals surface area (Å²) < 4.78 is 0. The van der Waals surface area contributed by atoms with Gasteiger partial charge in [-0.15, -0.1) is 11.6 Å². The minimum atomic E-state index is 0.370. The molecule has 1 heterocycles. The standard InChI is InChI=1S/C15H16ClN/c16-14(12-6-7-12)8-4-11-3-5-13-2-1-9-17-15(13)10-11/h1-3,5,9-10,12,14H,4,6-8H2. The van der Waals surface area contributed by atoms with Crippen LogP contribution >= 0.6 is 11.6 Å². The number of fused-ring (bicyclic) bond motifs is 1. The number of hydrogen-bond acceptors (Lipinski definition) is 1. The number of halogens is 1. The lowest BCUT2D eigenvalue weighted by Gasteiger charge is -2.08. The first-order valence-corrected chi connectivity index (χ1v) is 6.74. The van der Waals surface area contributed by atoms with E-state index in [1.165, 1.54) is 23.8 Å². The smallest absolute Gasteiger partial charge is 0.0704 e. The minimum Gasteiger partial charge on any atom is -0.256 e. The third-order valence-electron chi connectivity index (χ3n) is 3.51. The zero-order valence-electron chi connectivity index (χ0n) is 9.77. The molecule has 2 aromatic rings. The molecule has 1 saturated carbocycles. The van der Waals surface area contributed by atoms with E-state index in [0.717, 1.165) is 24.3 Å². The first kappa shape index (κ1) is 11.0. The highest BCUT2D eigenvalue weighted by molar-refractivity contribution is 6.20. The molecule has 1 unspecified atom stereocenters. The predicted octanol–water partition coefficient (Wildman–Crippen LogP) is 4.18. The van der Waals surface area contributed by atoms with Crippen molar-refractivity contribution in [2.75, 3.05) is 0 Å². The van der Waals surface area contributed by atoms with Crippen LogP contribution in [0.1, 0.15) is 24.8 Å². The van der Waals surface area contributed by atoms with Crippen LogP contribution in [0, 0.1) is 5.92 Å². The Labute approximate surface area is 107 Å². The van der Waals surface area contributed by atoms with Gasteiger partial charge in [-0.2, -0.15) is 0 Å². The van der Waals surface area contributed by atoms with Crippen molar-refractivity contribution in [3.8, 4) is 0 Å². The Balaban J connectivity index is 1.71. The van der Waals surface area contributed by atoms with Crippen LogP contribution in [0.2, 0.25) is 0 Å². The third-order valence-corrected chi connectivity index (χ3v) is 4.09. The Morgan fingerprint density at radius 2 is 2.18 bits per heavy atom. The van der Waals surface area contributed by atoms with Gasteiger partial charge in [0, 0.05) is 17.0 Å². The Morgan fingerprint density at radius 3 is 3.00 bits per heavy atom. The van der Waals surface area contributed by atoms with Crippen LogP contribution in [-0.2, 0) is 6.42 Å². The molecule has 0 amide bonds. The average Bonchev–Trinajstić information content (AvgIpc) is 3.20. The maximum absolute atomic E-state index is 6.33. The summed E-state index contributed by atoms with van der Waals surface area (Å²) in [5, 5.41) is 1.58. The van der Waals surface area contributed by atoms with Crippen molar-refractivity contribution < 1.29 is 0 Å². The second kappa shape index (κ2) is 4.66. The number of rotatable bonds is 4. The van der Waals surface area contributed by atoms with E-state index in [9.17, 15) is 0 Å². The molecule has 0 saturated heterocycles. The first-order valence-electron chi connectivity index (χ1n) is 6.31. The fourth-order valence-corrected chi connectivity index (χ4v) is 2.63. The Bertz CT molecular complexity index is 519. The number of benzene rings is 1. The molecule has 1 nitrogen and oxygen atoms in total. The van der Waals surface area contributed by atoms with Crippen LogP contribution in [0.5, 0.6) is 0 Å². The van der Waals surface area contributed by atoms with Crippen LogP contribution in [0.25, 0.3) is 10.9 Å². The number of hydrogen-bond donors (Lipinski definition) is 0. The Kier molecular flexibility index (Phi) is 3.02. The highest BCUT2D eigenvalue weighted by atomic mass is 35.5. The summed E-state index contributed by atoms with van der Waals surface area (Å²) >= 11 is 6.33. The maximum atomic E-state index is 6.33. The van der Waals surface area contributed by atoms with Crippen LogP contribution in [0.4, 0.5) is 0 Å². The molecular weight excluding hydrogens is 230 g/mol. The molecule has 1 aliphatic rings. The van der Waals surface area contributed by atoms with Crippen molar-refractivity contribution in [3.63, 3.8) is 0 Å². The van der Waals surface area contributed by atoms with Gasteiger partial charge in [-0.3, -0.25) is 4.98 Å². The molecule has 0 spiro atoms. The van der Waals surface area contributed by atoms with E-state index in [1.807, 2.05) is 12.3 Å². The lowest BCUT2D eigenvalue weighted by atomic mass is 10.0. The second-order valence-electron chi connectivity index (χ2n) is 4.92. The van der Waals surface area contributed by atoms with Gasteiger partial charge < -0.3 is 0 Å². The van der Waals surface area contributed by atoms with Gasteiger partial charge in [0.15, 0.2) is 0 Å². The van der Waals surface area contributed by atoms with E-state index in [2.05, 4.69) is 29.2 Å². The second-order valence-corrected chi connectivity index (χ2v) is 5.48. The van der Waals surface area contributed by atoms with Gasteiger partial charge in [-0.05, 0) is 49.3 Å². The topological polar surface area (TPSA) is 12.9 Å². The Morgan fingerprint density at radius 1 is 1.29 bits per heavy atom. The van der Waals surface area contributed by atoms with Crippen LogP contribution < -0.4 is 0 Å². The molecule has 3 rings (SSSR count). The number of aryl methyl sites for hydroxylation is 1. The van der Waals surface area contributed by atoms with Crippen molar-refractivity contribution in [1.82, 2.24) is 4.98 Å². The highest BCUT2D eigenvalue weighted by Gasteiger charge is 2.29. The zero-order chi connectivity index (χ0) is 11.7. The average molecular weight is 246 g/mol. The quantitative estimate of drug-likeness (QED) is 0.737. The van der Waals surface area contributed by atoms with Gasteiger partial charge in [0.25, 0.3) is 0 Å². The zero-order valence-corrected chi connectivity index (χ0v) is 10.5. The molecule has 1 aliphatic carbocycles. The molecule has 1 aromatic heterocycles. The largest absolute Gasteiger partial charge is 0.256 e. The molecule has 1 fully saturated rings. The molecule has 1 atom stereocenters. The monoisotopic (exact) mass is 245 g/mol. The molecule has 1 aromatic carbocycles. The fraction of sp³-hybridized carbons (Fsp3) is 0.400. The lowest BCUT2D eigenvalue weighted by molar-refractivity contribution is 0.677. The molecule has 88 valence electrons. The maximum Gasteiger partial charge on any atom is 0.0704 e. The van der Waals surface area contributed by atoms with Crippen LogP contribution in [0.15, 0.2) is 36.5 Å². The molecule has 17 heavy (non-hydrogen) atoms. The van der Waals surface area contributed by atoms with Crippen molar-refractivity contribution in [2.24, 2.45) is 5.92 Å². The summed E-state index contributed by atoms with van der Waals surface area (Å²) in [6, 6.07) is 10.6. The molecular formula is C15H16ClN. The lowest BCUT2D eigenvalue weighted by Crippen LogP contribution is -2.02. The van der Waals surface area contributed by atoms with Gasteiger partial charge in [-0.25, -0.2) is 0 Å². The van der Waals surface area contributed by atoms with E-state index >= 15 is 0 Å². The number of alkyl halides is 1. The van der Waals surface area contributed by atoms with Gasteiger partial charge in [0.2, 0.25) is 0 Å². The summed E-state index contributed by atoms with van der Waals surface area (Å²) in [5.41, 5.74) is 2.44. The molecule has 0 radical (unpaired) electrons. The highest BCUT2D eigenvalue weighted by Crippen LogP contribution is 2.37. The normalized spacial score (nSPS) is 17.2. The van der Waals surface area contributed by atoms with Crippen molar-refractivity contribution in [3.05, 3.63) is 42.1 Å². The van der Waals surface area contributed by atoms with Crippen LogP contribution in [-0.4, -0.2) is 10.4 Å². The molecule has 0 aliphatic heterocycles. The van der Waals surface area contributed by atoms with E-state index < -0.39 is 0 Å². The summed E-state index contributed by atoms with van der Waals surface area (Å²) in [7, 11) is 0. The Hall–Kier alpha value is -1.08. The summed E-state index contributed by atoms with van der Waals surface area (Å²) in [5.74, 6) is 0.787. The summed E-state index contributed by atoms with van der Waals surface area (Å²) in [6.45, 7) is 0. The molecule has 0 N–H and O–H groups in total. The first-order chi connectivity index (χ1) is 8.33. The third kappa shape index (κ3) is 2.61. The van der Waals surface area contributed by atoms with E-state index in [1.54, 1.807) is 0 Å². The minimum absolute atomic E-state index is 0.370. The summed E-state index contributed by atoms with van der Waals surface area (Å²) in [4.78, 5) is 4.38. The van der Waals surface area contributed by atoms with Gasteiger partial charge in [-0.1, -0.05) is 18.2 Å². The number of nitrogens with zero attached hydrogens (tertiary/aromatic N) is 1. The van der Waals surface area contributed by atoms with E-state index in [0.29, 0.717) is 5.38 Å². The predicted molar refractivity (Wildman–Crippen MR) is 72.4 cm³/mol. The number of aromatic nitrogens is 1. The number of pyridine rings is 1. The van der Waals surface area contributed by atoms with Crippen molar-refractivity contribution in [2.45, 2.75) is 31.1 Å². The van der Waals surface area contributed by atoms with Gasteiger partial charge in [0.05, 0.1) is 5.52 Å².